The first-order chi connectivity index (χ1) is 7.06. The molecule has 82 valence electrons. The molecule has 0 fully saturated rings. The van der Waals surface area contributed by atoms with E-state index in [9.17, 15) is 4.79 Å². The SMILES string of the molecule is CN(C)CCc1c(Cl)c(N=C=O)nn1C. The number of carbonyl (C=O) groups excluding carboxylic acids is 1. The van der Waals surface area contributed by atoms with Gasteiger partial charge in [-0.25, -0.2) is 4.79 Å². The third-order valence-electron chi connectivity index (χ3n) is 2.03. The summed E-state index contributed by atoms with van der Waals surface area (Å²) in [4.78, 5) is 15.6. The minimum Gasteiger partial charge on any atom is -0.309 e. The smallest absolute Gasteiger partial charge is 0.242 e. The fourth-order valence-electron chi connectivity index (χ4n) is 1.23. The van der Waals surface area contributed by atoms with Gasteiger partial charge >= 0.3 is 0 Å². The van der Waals surface area contributed by atoms with E-state index < -0.39 is 0 Å². The lowest BCUT2D eigenvalue weighted by Gasteiger charge is -2.09. The number of aromatic nitrogens is 2. The molecular weight excluding hydrogens is 216 g/mol. The summed E-state index contributed by atoms with van der Waals surface area (Å²) >= 11 is 6.02. The van der Waals surface area contributed by atoms with Crippen LogP contribution in [0.4, 0.5) is 5.82 Å². The molecule has 0 aliphatic carbocycles. The fourth-order valence-corrected chi connectivity index (χ4v) is 1.53. The zero-order chi connectivity index (χ0) is 11.4. The minimum absolute atomic E-state index is 0.239. The van der Waals surface area contributed by atoms with Crippen LogP contribution in [-0.2, 0) is 18.3 Å². The maximum atomic E-state index is 10.1. The number of nitrogens with zero attached hydrogens (tertiary/aromatic N) is 4. The molecule has 15 heavy (non-hydrogen) atoms. The summed E-state index contributed by atoms with van der Waals surface area (Å²) in [6.45, 7) is 0.865. The van der Waals surface area contributed by atoms with Gasteiger partial charge in [-0.05, 0) is 14.1 Å². The summed E-state index contributed by atoms with van der Waals surface area (Å²) in [5, 5.41) is 4.45. The van der Waals surface area contributed by atoms with Crippen molar-refractivity contribution in [1.82, 2.24) is 14.7 Å². The first-order valence-electron chi connectivity index (χ1n) is 4.50. The number of rotatable bonds is 4. The van der Waals surface area contributed by atoms with Crippen molar-refractivity contribution in [3.8, 4) is 0 Å². The molecule has 0 saturated heterocycles. The molecular formula is C9H13ClN4O. The number of halogens is 1. The van der Waals surface area contributed by atoms with Gasteiger partial charge in [0.25, 0.3) is 0 Å². The van der Waals surface area contributed by atoms with Gasteiger partial charge in [-0.15, -0.1) is 4.99 Å². The zero-order valence-electron chi connectivity index (χ0n) is 8.99. The lowest BCUT2D eigenvalue weighted by Crippen LogP contribution is -2.16. The summed E-state index contributed by atoms with van der Waals surface area (Å²) in [6, 6.07) is 0. The first-order valence-corrected chi connectivity index (χ1v) is 4.88. The quantitative estimate of drug-likeness (QED) is 0.574. The Bertz CT molecular complexity index is 393. The maximum Gasteiger partial charge on any atom is 0.242 e. The number of aryl methyl sites for hydroxylation is 1. The molecule has 0 radical (unpaired) electrons. The van der Waals surface area contributed by atoms with Crippen LogP contribution in [0.1, 0.15) is 5.69 Å². The number of hydrogen-bond acceptors (Lipinski definition) is 4. The molecule has 1 heterocycles. The third-order valence-corrected chi connectivity index (χ3v) is 2.42. The third kappa shape index (κ3) is 2.89. The lowest BCUT2D eigenvalue weighted by molar-refractivity contribution is 0.408. The summed E-state index contributed by atoms with van der Waals surface area (Å²) in [5.41, 5.74) is 0.874. The molecule has 5 nitrogen and oxygen atoms in total. The van der Waals surface area contributed by atoms with E-state index in [1.54, 1.807) is 11.7 Å². The van der Waals surface area contributed by atoms with Gasteiger partial charge in [-0.1, -0.05) is 11.6 Å². The number of aliphatic imine (C=N–C) groups is 1. The Hall–Kier alpha value is -1.16. The second-order valence-electron chi connectivity index (χ2n) is 3.46. The van der Waals surface area contributed by atoms with Gasteiger partial charge in [0.1, 0.15) is 5.02 Å². The fraction of sp³-hybridized carbons (Fsp3) is 0.556. The molecule has 0 atom stereocenters. The normalized spacial score (nSPS) is 10.5. The topological polar surface area (TPSA) is 50.5 Å². The zero-order valence-corrected chi connectivity index (χ0v) is 9.75. The molecule has 0 spiro atoms. The van der Waals surface area contributed by atoms with Crippen molar-refractivity contribution in [2.45, 2.75) is 6.42 Å². The van der Waals surface area contributed by atoms with E-state index in [0.29, 0.717) is 5.02 Å². The summed E-state index contributed by atoms with van der Waals surface area (Å²) in [5.74, 6) is 0.239. The molecule has 1 rings (SSSR count). The van der Waals surface area contributed by atoms with Crippen molar-refractivity contribution in [3.63, 3.8) is 0 Å². The first kappa shape index (κ1) is 11.9. The van der Waals surface area contributed by atoms with E-state index in [4.69, 9.17) is 11.6 Å². The van der Waals surface area contributed by atoms with Crippen LogP contribution in [0.5, 0.6) is 0 Å². The van der Waals surface area contributed by atoms with Crippen LogP contribution in [0.25, 0.3) is 0 Å². The van der Waals surface area contributed by atoms with E-state index in [0.717, 1.165) is 18.7 Å². The van der Waals surface area contributed by atoms with Gasteiger partial charge in [0.05, 0.1) is 5.69 Å². The van der Waals surface area contributed by atoms with Crippen LogP contribution in [0, 0.1) is 0 Å². The molecule has 0 aliphatic heterocycles. The molecule has 0 N–H and O–H groups in total. The standard InChI is InChI=1S/C9H13ClN4O/c1-13(2)5-4-7-8(10)9(11-6-15)12-14(7)3/h4-5H2,1-3H3. The van der Waals surface area contributed by atoms with E-state index >= 15 is 0 Å². The average Bonchev–Trinajstić information content (AvgIpc) is 2.40. The monoisotopic (exact) mass is 228 g/mol. The van der Waals surface area contributed by atoms with Crippen molar-refractivity contribution in [3.05, 3.63) is 10.7 Å². The van der Waals surface area contributed by atoms with Crippen molar-refractivity contribution in [2.24, 2.45) is 12.0 Å². The Kier molecular flexibility index (Phi) is 4.03. The average molecular weight is 229 g/mol. The lowest BCUT2D eigenvalue weighted by atomic mass is 10.3. The van der Waals surface area contributed by atoms with Gasteiger partial charge in [0, 0.05) is 20.0 Å². The van der Waals surface area contributed by atoms with Gasteiger partial charge in [-0.3, -0.25) is 4.68 Å². The van der Waals surface area contributed by atoms with Crippen molar-refractivity contribution in [2.75, 3.05) is 20.6 Å². The Labute approximate surface area is 93.3 Å². The Morgan fingerprint density at radius 1 is 1.60 bits per heavy atom. The van der Waals surface area contributed by atoms with E-state index in [1.165, 1.54) is 6.08 Å². The van der Waals surface area contributed by atoms with Gasteiger partial charge < -0.3 is 4.90 Å². The van der Waals surface area contributed by atoms with Gasteiger partial charge in [0.15, 0.2) is 0 Å². The molecule has 0 aliphatic rings. The Morgan fingerprint density at radius 2 is 2.27 bits per heavy atom. The van der Waals surface area contributed by atoms with Crippen LogP contribution in [-0.4, -0.2) is 41.4 Å². The van der Waals surface area contributed by atoms with Crippen LogP contribution >= 0.6 is 11.6 Å². The molecule has 0 amide bonds. The summed E-state index contributed by atoms with van der Waals surface area (Å²) in [7, 11) is 5.74. The highest BCUT2D eigenvalue weighted by molar-refractivity contribution is 6.33. The van der Waals surface area contributed by atoms with Crippen molar-refractivity contribution in [1.29, 1.82) is 0 Å². The molecule has 6 heteroatoms. The highest BCUT2D eigenvalue weighted by Crippen LogP contribution is 2.27. The second kappa shape index (κ2) is 5.07. The Morgan fingerprint density at radius 3 is 2.80 bits per heavy atom. The summed E-state index contributed by atoms with van der Waals surface area (Å²) < 4.78 is 1.64. The highest BCUT2D eigenvalue weighted by Gasteiger charge is 2.13. The van der Waals surface area contributed by atoms with Crippen molar-refractivity contribution >= 4 is 23.5 Å². The highest BCUT2D eigenvalue weighted by atomic mass is 35.5. The predicted octanol–water partition coefficient (Wildman–Crippen LogP) is 1.14. The van der Waals surface area contributed by atoms with E-state index in [1.807, 2.05) is 19.0 Å². The Balaban J connectivity index is 2.92. The largest absolute Gasteiger partial charge is 0.309 e. The maximum absolute atomic E-state index is 10.1. The van der Waals surface area contributed by atoms with Crippen LogP contribution in [0.2, 0.25) is 5.02 Å². The molecule has 1 aromatic rings. The number of isocyanates is 1. The minimum atomic E-state index is 0.239. The van der Waals surface area contributed by atoms with E-state index in [-0.39, 0.29) is 5.82 Å². The number of likely N-dealkylation sites (N-methyl/N-ethyl adjacent to an activating group) is 1. The summed E-state index contributed by atoms with van der Waals surface area (Å²) in [6.07, 6.45) is 2.20. The van der Waals surface area contributed by atoms with Gasteiger partial charge in [0.2, 0.25) is 11.9 Å². The molecule has 0 saturated carbocycles. The molecule has 0 aromatic carbocycles. The molecule has 1 aromatic heterocycles. The number of hydrogen-bond donors (Lipinski definition) is 0. The van der Waals surface area contributed by atoms with Crippen LogP contribution in [0.15, 0.2) is 4.99 Å². The van der Waals surface area contributed by atoms with E-state index in [2.05, 4.69) is 10.1 Å². The predicted molar refractivity (Wildman–Crippen MR) is 58.3 cm³/mol. The second-order valence-corrected chi connectivity index (χ2v) is 3.84. The van der Waals surface area contributed by atoms with Crippen LogP contribution in [0.3, 0.4) is 0 Å². The molecule has 0 unspecified atom stereocenters. The van der Waals surface area contributed by atoms with Crippen molar-refractivity contribution < 1.29 is 4.79 Å². The molecule has 0 bridgehead atoms. The van der Waals surface area contributed by atoms with Crippen LogP contribution < -0.4 is 0 Å². The van der Waals surface area contributed by atoms with Gasteiger partial charge in [-0.2, -0.15) is 5.10 Å².